The Morgan fingerprint density at radius 3 is 1.08 bits per heavy atom. The molecule has 3 nitrogen and oxygen atoms in total. The van der Waals surface area contributed by atoms with Gasteiger partial charge in [0.2, 0.25) is 5.78 Å². The van der Waals surface area contributed by atoms with E-state index in [1.807, 2.05) is 0 Å². The zero-order chi connectivity index (χ0) is 38.2. The second-order valence-electron chi connectivity index (χ2n) is 15.1. The van der Waals surface area contributed by atoms with Crippen molar-refractivity contribution in [3.8, 4) is 0 Å². The minimum atomic E-state index is -0.178. The van der Waals surface area contributed by atoms with Crippen LogP contribution in [-0.4, -0.2) is 18.7 Å². The van der Waals surface area contributed by atoms with Gasteiger partial charge < -0.3 is 4.74 Å². The average Bonchev–Trinajstić information content (AvgIpc) is 3.06. The van der Waals surface area contributed by atoms with Crippen molar-refractivity contribution in [1.82, 2.24) is 0 Å². The summed E-state index contributed by atoms with van der Waals surface area (Å²) in [6, 6.07) is 0. The van der Waals surface area contributed by atoms with Crippen LogP contribution in [0.3, 0.4) is 0 Å². The monoisotopic (exact) mass is 697 g/mol. The van der Waals surface area contributed by atoms with Crippen molar-refractivity contribution in [2.45, 2.75) is 166 Å². The molecule has 3 heteroatoms. The second-order valence-corrected chi connectivity index (χ2v) is 15.1. The first-order valence-electron chi connectivity index (χ1n) is 19.5. The fourth-order valence-corrected chi connectivity index (χ4v) is 6.01. The van der Waals surface area contributed by atoms with Crippen molar-refractivity contribution in [3.05, 3.63) is 116 Å². The lowest BCUT2D eigenvalue weighted by molar-refractivity contribution is -0.118. The van der Waals surface area contributed by atoms with Crippen LogP contribution in [0.2, 0.25) is 0 Å². The molecule has 0 atom stereocenters. The SMILES string of the molecule is COC1=CC(=O)C(C)=C(CC=C(C)CCC=C(C)CCC=C(C)CCC=C(C)CCC=C(C)CCC=C(C)CCC=C(C)CCC=C(C)C)C1=O. The van der Waals surface area contributed by atoms with Crippen molar-refractivity contribution >= 4 is 11.6 Å². The van der Waals surface area contributed by atoms with Gasteiger partial charge >= 0.3 is 0 Å². The van der Waals surface area contributed by atoms with Crippen LogP contribution in [0, 0.1) is 0 Å². The van der Waals surface area contributed by atoms with Gasteiger partial charge in [-0.05, 0) is 166 Å². The number of methoxy groups -OCH3 is 1. The Balaban J connectivity index is 2.30. The van der Waals surface area contributed by atoms with Gasteiger partial charge in [0, 0.05) is 17.2 Å². The smallest absolute Gasteiger partial charge is 0.224 e. The average molecular weight is 697 g/mol. The molecule has 1 aliphatic carbocycles. The molecule has 0 aromatic heterocycles. The molecule has 1 rings (SSSR count). The van der Waals surface area contributed by atoms with E-state index in [0.29, 0.717) is 17.6 Å². The first-order chi connectivity index (χ1) is 24.2. The fourth-order valence-electron chi connectivity index (χ4n) is 6.01. The fraction of sp³-hybridized carbons (Fsp3) is 0.542. The van der Waals surface area contributed by atoms with Crippen LogP contribution in [0.4, 0.5) is 0 Å². The quantitative estimate of drug-likeness (QED) is 0.0745. The largest absolute Gasteiger partial charge is 0.493 e. The predicted octanol–water partition coefficient (Wildman–Crippen LogP) is 14.4. The Labute approximate surface area is 313 Å². The molecule has 0 bridgehead atoms. The van der Waals surface area contributed by atoms with E-state index >= 15 is 0 Å². The van der Waals surface area contributed by atoms with Gasteiger partial charge in [0.05, 0.1) is 7.11 Å². The molecule has 0 heterocycles. The first kappa shape index (κ1) is 45.6. The molecule has 0 fully saturated rings. The molecule has 51 heavy (non-hydrogen) atoms. The van der Waals surface area contributed by atoms with Crippen molar-refractivity contribution in [3.63, 3.8) is 0 Å². The van der Waals surface area contributed by atoms with Gasteiger partial charge in [-0.2, -0.15) is 0 Å². The summed E-state index contributed by atoms with van der Waals surface area (Å²) in [5.41, 5.74) is 12.6. The molecule has 0 N–H and O–H groups in total. The molecule has 0 unspecified atom stereocenters. The summed E-state index contributed by atoms with van der Waals surface area (Å²) in [4.78, 5) is 24.7. The Morgan fingerprint density at radius 2 is 0.784 bits per heavy atom. The van der Waals surface area contributed by atoms with E-state index in [1.165, 1.54) is 70.6 Å². The van der Waals surface area contributed by atoms with E-state index in [-0.39, 0.29) is 17.3 Å². The van der Waals surface area contributed by atoms with Crippen LogP contribution in [0.5, 0.6) is 0 Å². The maximum Gasteiger partial charge on any atom is 0.224 e. The second kappa shape index (κ2) is 26.3. The molecule has 0 saturated carbocycles. The van der Waals surface area contributed by atoms with Crippen LogP contribution in [-0.2, 0) is 14.3 Å². The van der Waals surface area contributed by atoms with Crippen LogP contribution in [0.15, 0.2) is 116 Å². The molecule has 0 aliphatic heterocycles. The minimum absolute atomic E-state index is 0.135. The van der Waals surface area contributed by atoms with E-state index in [9.17, 15) is 9.59 Å². The number of carbonyl (C=O) groups excluding carboxylic acids is 2. The molecular weight excluding hydrogens is 625 g/mol. The number of hydrogen-bond donors (Lipinski definition) is 0. The number of ketones is 2. The molecule has 0 radical (unpaired) electrons. The van der Waals surface area contributed by atoms with Crippen LogP contribution >= 0.6 is 0 Å². The van der Waals surface area contributed by atoms with Crippen molar-refractivity contribution < 1.29 is 14.3 Å². The lowest BCUT2D eigenvalue weighted by Crippen LogP contribution is -2.19. The maximum absolute atomic E-state index is 12.6. The third-order valence-electron chi connectivity index (χ3n) is 9.74. The molecule has 282 valence electrons. The van der Waals surface area contributed by atoms with E-state index < -0.39 is 0 Å². The summed E-state index contributed by atoms with van der Waals surface area (Å²) in [7, 11) is 1.43. The molecule has 0 saturated heterocycles. The van der Waals surface area contributed by atoms with E-state index in [0.717, 1.165) is 77.0 Å². The molecule has 0 aromatic rings. The number of ether oxygens (including phenoxy) is 1. The van der Waals surface area contributed by atoms with E-state index in [4.69, 9.17) is 4.74 Å². The Kier molecular flexibility index (Phi) is 23.5. The predicted molar refractivity (Wildman–Crippen MR) is 223 cm³/mol. The summed E-state index contributed by atoms with van der Waals surface area (Å²) in [6.07, 6.45) is 36.2. The summed E-state index contributed by atoms with van der Waals surface area (Å²) in [5.74, 6) is -0.185. The zero-order valence-electron chi connectivity index (χ0n) is 34.5. The summed E-state index contributed by atoms with van der Waals surface area (Å²) < 4.78 is 5.09. The lowest BCUT2D eigenvalue weighted by Gasteiger charge is -2.15. The molecular formula is C48H72O3. The summed E-state index contributed by atoms with van der Waals surface area (Å²) in [5, 5.41) is 0. The minimum Gasteiger partial charge on any atom is -0.493 e. The summed E-state index contributed by atoms with van der Waals surface area (Å²) >= 11 is 0. The maximum atomic E-state index is 12.6. The number of allylic oxidation sites excluding steroid dienone is 19. The number of hydrogen-bond acceptors (Lipinski definition) is 3. The highest BCUT2D eigenvalue weighted by Gasteiger charge is 2.25. The zero-order valence-corrected chi connectivity index (χ0v) is 34.5. The highest BCUT2D eigenvalue weighted by atomic mass is 16.5. The van der Waals surface area contributed by atoms with Crippen molar-refractivity contribution in [2.75, 3.05) is 7.11 Å². The standard InChI is InChI=1S/C48H72O3/c1-36(2)19-12-20-37(3)21-13-22-38(4)23-14-24-39(5)25-15-26-40(6)27-16-28-41(7)29-17-30-42(8)31-18-32-43(9)33-34-45-44(10)46(49)35-47(51-11)48(45)50/h19,21,23,25,27,29,31,33,35H,12-18,20,22,24,26,28,30,32,34H2,1-11H3. The van der Waals surface area contributed by atoms with Gasteiger partial charge in [-0.3, -0.25) is 9.59 Å². The molecule has 0 spiro atoms. The van der Waals surface area contributed by atoms with Gasteiger partial charge in [0.15, 0.2) is 11.5 Å². The first-order valence-corrected chi connectivity index (χ1v) is 19.5. The Bertz CT molecular complexity index is 1450. The third-order valence-corrected chi connectivity index (χ3v) is 9.74. The third kappa shape index (κ3) is 21.5. The topological polar surface area (TPSA) is 43.4 Å². The lowest BCUT2D eigenvalue weighted by atomic mass is 9.91. The van der Waals surface area contributed by atoms with E-state index in [2.05, 4.69) is 111 Å². The normalized spacial score (nSPS) is 15.9. The molecule has 0 amide bonds. The molecule has 1 aliphatic rings. The van der Waals surface area contributed by atoms with Gasteiger partial charge in [-0.25, -0.2) is 0 Å². The van der Waals surface area contributed by atoms with Crippen molar-refractivity contribution in [1.29, 1.82) is 0 Å². The van der Waals surface area contributed by atoms with Gasteiger partial charge in [-0.15, -0.1) is 0 Å². The van der Waals surface area contributed by atoms with Crippen LogP contribution < -0.4 is 0 Å². The van der Waals surface area contributed by atoms with Crippen molar-refractivity contribution in [2.24, 2.45) is 0 Å². The number of rotatable bonds is 24. The Morgan fingerprint density at radius 1 is 0.490 bits per heavy atom. The number of carbonyl (C=O) groups is 2. The van der Waals surface area contributed by atoms with Gasteiger partial charge in [-0.1, -0.05) is 93.2 Å². The Hall–Kier alpha value is -3.46. The molecule has 0 aromatic carbocycles. The highest BCUT2D eigenvalue weighted by molar-refractivity contribution is 6.21. The van der Waals surface area contributed by atoms with Gasteiger partial charge in [0.25, 0.3) is 0 Å². The highest BCUT2D eigenvalue weighted by Crippen LogP contribution is 2.24. The van der Waals surface area contributed by atoms with Gasteiger partial charge in [0.1, 0.15) is 0 Å². The van der Waals surface area contributed by atoms with E-state index in [1.54, 1.807) is 6.92 Å². The summed E-state index contributed by atoms with van der Waals surface area (Å²) in [6.45, 7) is 21.8. The van der Waals surface area contributed by atoms with Crippen LogP contribution in [0.1, 0.15) is 166 Å². The number of Topliss-reactive ketones (excluding diaryl/α,β-unsaturated/α-hetero) is 1. The van der Waals surface area contributed by atoms with Crippen LogP contribution in [0.25, 0.3) is 0 Å².